The Labute approximate surface area is 367 Å². The summed E-state index contributed by atoms with van der Waals surface area (Å²) in [6.07, 6.45) is 12.9. The Morgan fingerprint density at radius 2 is 0.745 bits per heavy atom. The normalized spacial score (nSPS) is 15.5. The third-order valence-electron chi connectivity index (χ3n) is 5.21. The van der Waals surface area contributed by atoms with Gasteiger partial charge in [-0.15, -0.1) is 101 Å². The molecule has 0 saturated heterocycles. The molecular formula is C33H74O8S10. The highest BCUT2D eigenvalue weighted by Crippen LogP contribution is 2.17. The Morgan fingerprint density at radius 1 is 0.490 bits per heavy atom. The zero-order chi connectivity index (χ0) is 41.4. The van der Waals surface area contributed by atoms with Crippen LogP contribution in [0.1, 0.15) is 139 Å². The molecule has 0 bridgehead atoms. The summed E-state index contributed by atoms with van der Waals surface area (Å²) in [7, 11) is 0. The van der Waals surface area contributed by atoms with E-state index in [0.717, 1.165) is 51.4 Å². The molecule has 0 aromatic carbocycles. The van der Waals surface area contributed by atoms with E-state index in [9.17, 15) is 9.59 Å². The number of carboxylic acid groups (broad SMARTS) is 2. The molecule has 8 nitrogen and oxygen atoms in total. The van der Waals surface area contributed by atoms with Crippen molar-refractivity contribution in [3.63, 3.8) is 0 Å². The largest absolute Gasteiger partial charge is 0.481 e. The zero-order valence-electron chi connectivity index (χ0n) is 32.2. The maximum atomic E-state index is 9.62. The average molecular weight is 920 g/mol. The minimum Gasteiger partial charge on any atom is -0.481 e. The molecule has 0 amide bonds. The molecule has 0 aliphatic rings. The molecule has 0 rings (SSSR count). The van der Waals surface area contributed by atoms with Gasteiger partial charge in [-0.25, -0.2) is 0 Å². The number of aliphatic carboxylic acids is 2. The minimum atomic E-state index is -0.881. The van der Waals surface area contributed by atoms with Crippen LogP contribution >= 0.6 is 126 Å². The number of ether oxygens (including phenoxy) is 4. The zero-order valence-corrected chi connectivity index (χ0v) is 41.1. The van der Waals surface area contributed by atoms with Gasteiger partial charge in [0, 0.05) is 0 Å². The van der Waals surface area contributed by atoms with Crippen molar-refractivity contribution in [2.24, 2.45) is 0 Å². The Balaban J connectivity index is -0.000000123. The molecule has 0 heterocycles. The molecule has 2 N–H and O–H groups in total. The predicted molar refractivity (Wildman–Crippen MR) is 255 cm³/mol. The van der Waals surface area contributed by atoms with Gasteiger partial charge in [0.2, 0.25) is 0 Å². The van der Waals surface area contributed by atoms with Crippen molar-refractivity contribution in [2.45, 2.75) is 188 Å². The second kappa shape index (κ2) is 50.3. The van der Waals surface area contributed by atoms with E-state index in [0.29, 0.717) is 0 Å². The number of thiol groups is 10. The van der Waals surface area contributed by atoms with Crippen LogP contribution in [0, 0.1) is 0 Å². The SMILES string of the molecule is CC(S)C(=O)O.CC(S)OC(C)S.CCC(S)OC(S)CC.CCCC(S)OC(S)CCC.CCCCC(S)OC(S)CCCC.O=C(O)CS. The van der Waals surface area contributed by atoms with Crippen molar-refractivity contribution in [3.05, 3.63) is 0 Å². The van der Waals surface area contributed by atoms with E-state index in [-0.39, 0.29) is 49.2 Å². The quantitative estimate of drug-likeness (QED) is 0.0384. The molecule has 18 heteroatoms. The summed E-state index contributed by atoms with van der Waals surface area (Å²) in [5.41, 5.74) is 0.349. The summed E-state index contributed by atoms with van der Waals surface area (Å²) in [6, 6.07) is 0. The fourth-order valence-electron chi connectivity index (χ4n) is 2.54. The van der Waals surface area contributed by atoms with Crippen LogP contribution in [0.2, 0.25) is 0 Å². The van der Waals surface area contributed by atoms with Crippen molar-refractivity contribution < 1.29 is 38.7 Å². The summed E-state index contributed by atoms with van der Waals surface area (Å²) in [6.45, 7) is 17.9. The molecule has 0 aliphatic heterocycles. The highest BCUT2D eigenvalue weighted by Gasteiger charge is 2.09. The second-order valence-electron chi connectivity index (χ2n) is 10.7. The van der Waals surface area contributed by atoms with Crippen LogP contribution in [-0.2, 0) is 28.5 Å². The first kappa shape index (κ1) is 65.1. The second-order valence-corrected chi connectivity index (χ2v) is 16.7. The van der Waals surface area contributed by atoms with Gasteiger partial charge in [-0.1, -0.05) is 80.1 Å². The number of hydrogen-bond donors (Lipinski definition) is 12. The van der Waals surface area contributed by atoms with Crippen molar-refractivity contribution in [2.75, 3.05) is 5.75 Å². The molecular weight excluding hydrogens is 845 g/mol. The first-order valence-corrected chi connectivity index (χ1v) is 22.7. The summed E-state index contributed by atoms with van der Waals surface area (Å²) >= 11 is 40.5. The highest BCUT2D eigenvalue weighted by molar-refractivity contribution is 7.82. The lowest BCUT2D eigenvalue weighted by molar-refractivity contribution is -0.136. The van der Waals surface area contributed by atoms with E-state index in [1.54, 1.807) is 0 Å². The Bertz CT molecular complexity index is 666. The van der Waals surface area contributed by atoms with Crippen LogP contribution in [0.15, 0.2) is 0 Å². The van der Waals surface area contributed by atoms with Gasteiger partial charge >= 0.3 is 11.9 Å². The molecule has 0 spiro atoms. The smallest absolute Gasteiger partial charge is 0.316 e. The topological polar surface area (TPSA) is 112 Å². The molecule has 314 valence electrons. The lowest BCUT2D eigenvalue weighted by atomic mass is 10.2. The van der Waals surface area contributed by atoms with Gasteiger partial charge < -0.3 is 29.2 Å². The van der Waals surface area contributed by atoms with Crippen LogP contribution in [0.4, 0.5) is 0 Å². The molecule has 0 aromatic rings. The number of carbonyl (C=O) groups is 2. The average Bonchev–Trinajstić information content (AvgIpc) is 3.03. The third-order valence-corrected chi connectivity index (χ3v) is 8.44. The minimum absolute atomic E-state index is 0.00694. The monoisotopic (exact) mass is 918 g/mol. The molecule has 9 unspecified atom stereocenters. The van der Waals surface area contributed by atoms with Gasteiger partial charge in [0.05, 0.1) is 21.9 Å². The van der Waals surface area contributed by atoms with E-state index in [1.807, 2.05) is 27.7 Å². The Kier molecular flexibility index (Phi) is 64.2. The van der Waals surface area contributed by atoms with E-state index in [1.165, 1.54) is 32.6 Å². The maximum Gasteiger partial charge on any atom is 0.316 e. The lowest BCUT2D eigenvalue weighted by Crippen LogP contribution is -2.13. The standard InChI is InChI=1S/C10H22OS2.C8H18OS2.C6H14OS2.C4H10OS2.C3H6O2S.C2H4O2S/c1-3-5-7-9(12)11-10(13)8-6-4-2;1-3-5-7(10)9-8(11)6-4-2;1-3-5(8)7-6(9)4-2;1-3(6)5-4(2)7;1-2(6)3(4)5;3-2(4)1-5/h9-10,12-13H,3-8H2,1-2H3;7-8,10-11H,3-6H2,1-2H3;5-6,8-9H,3-4H2,1-2H3;3-4,6-7H,1-2H3;2,6H,1H3,(H,4,5);5H,1H2,(H,3,4). The number of hydrogen-bond acceptors (Lipinski definition) is 16. The number of unbranched alkanes of at least 4 members (excludes halogenated alkanes) is 2. The molecule has 0 fully saturated rings. The van der Waals surface area contributed by atoms with Crippen molar-refractivity contribution in [3.8, 4) is 0 Å². The lowest BCUT2D eigenvalue weighted by Gasteiger charge is -2.17. The van der Waals surface area contributed by atoms with Crippen LogP contribution in [0.3, 0.4) is 0 Å². The molecule has 0 aliphatic carbocycles. The van der Waals surface area contributed by atoms with Crippen LogP contribution < -0.4 is 0 Å². The van der Waals surface area contributed by atoms with Gasteiger partial charge in [0.1, 0.15) is 32.6 Å². The summed E-state index contributed by atoms with van der Waals surface area (Å²) in [5.74, 6) is -1.84. The van der Waals surface area contributed by atoms with E-state index < -0.39 is 17.2 Å². The summed E-state index contributed by atoms with van der Waals surface area (Å²) < 4.78 is 21.3. The first-order chi connectivity index (χ1) is 23.6. The predicted octanol–water partition coefficient (Wildman–Crippen LogP) is 11.3. The fraction of sp³-hybridized carbons (Fsp3) is 0.939. The van der Waals surface area contributed by atoms with Crippen LogP contribution in [0.25, 0.3) is 0 Å². The van der Waals surface area contributed by atoms with E-state index in [4.69, 9.17) is 29.2 Å². The van der Waals surface area contributed by atoms with Crippen molar-refractivity contribution in [1.82, 2.24) is 0 Å². The van der Waals surface area contributed by atoms with Gasteiger partial charge in [-0.05, 0) is 59.3 Å². The van der Waals surface area contributed by atoms with Crippen molar-refractivity contribution in [1.29, 1.82) is 0 Å². The van der Waals surface area contributed by atoms with Gasteiger partial charge in [-0.2, -0.15) is 25.3 Å². The number of rotatable bonds is 22. The third kappa shape index (κ3) is 73.9. The van der Waals surface area contributed by atoms with Gasteiger partial charge in [0.25, 0.3) is 0 Å². The number of carboxylic acids is 2. The molecule has 9 atom stereocenters. The summed E-state index contributed by atoms with van der Waals surface area (Å²) in [5, 5.41) is 15.0. The van der Waals surface area contributed by atoms with Crippen molar-refractivity contribution >= 4 is 138 Å². The van der Waals surface area contributed by atoms with Gasteiger partial charge in [-0.3, -0.25) is 9.59 Å². The molecule has 51 heavy (non-hydrogen) atoms. The first-order valence-electron chi connectivity index (χ1n) is 17.4. The van der Waals surface area contributed by atoms with Gasteiger partial charge in [0.15, 0.2) is 0 Å². The van der Waals surface area contributed by atoms with E-state index in [2.05, 4.69) is 154 Å². The van der Waals surface area contributed by atoms with Crippen LogP contribution in [0.5, 0.6) is 0 Å². The highest BCUT2D eigenvalue weighted by atomic mass is 32.1. The Morgan fingerprint density at radius 3 is 0.902 bits per heavy atom. The molecule has 0 radical (unpaired) electrons. The molecule has 0 saturated carbocycles. The summed E-state index contributed by atoms with van der Waals surface area (Å²) in [4.78, 5) is 18.9. The Hall–Kier alpha value is 2.28. The fourth-order valence-corrected chi connectivity index (χ4v) is 5.06. The van der Waals surface area contributed by atoms with E-state index >= 15 is 0 Å². The van der Waals surface area contributed by atoms with Crippen LogP contribution in [-0.4, -0.2) is 76.6 Å². The maximum absolute atomic E-state index is 9.62. The molecule has 0 aromatic heterocycles.